The number of methoxy groups -OCH3 is 1. The zero-order valence-electron chi connectivity index (χ0n) is 19.6. The van der Waals surface area contributed by atoms with Crippen molar-refractivity contribution in [3.8, 4) is 11.3 Å². The number of morpholine rings is 1. The molecule has 1 fully saturated rings. The lowest BCUT2D eigenvalue weighted by atomic mass is 10.0. The number of carbonyl (C=O) groups is 2. The van der Waals surface area contributed by atoms with Gasteiger partial charge in [0.15, 0.2) is 11.5 Å². The standard InChI is InChI=1S/C24H26IN7O4/c1-35-24(34)17(31-25)12-15-2-4-16(5-3-15)18-14-28-22(26)21(29-18)23(33)30-19-13-27-7-6-20(19)32-8-10-36-11-9-32/h2-7,13-14,17,31H,8-12H2,1H3,(H2,26,28)(H,30,33). The van der Waals surface area contributed by atoms with Crippen LogP contribution in [-0.4, -0.2) is 66.3 Å². The molecule has 12 heteroatoms. The van der Waals surface area contributed by atoms with Crippen molar-refractivity contribution in [3.63, 3.8) is 0 Å². The van der Waals surface area contributed by atoms with E-state index >= 15 is 0 Å². The molecule has 1 amide bonds. The Morgan fingerprint density at radius 1 is 1.19 bits per heavy atom. The summed E-state index contributed by atoms with van der Waals surface area (Å²) in [5.41, 5.74) is 9.64. The summed E-state index contributed by atoms with van der Waals surface area (Å²) < 4.78 is 13.2. The number of halogens is 1. The average molecular weight is 603 g/mol. The van der Waals surface area contributed by atoms with Gasteiger partial charge in [-0.2, -0.15) is 0 Å². The van der Waals surface area contributed by atoms with E-state index in [1.807, 2.05) is 53.2 Å². The van der Waals surface area contributed by atoms with Gasteiger partial charge in [-0.1, -0.05) is 24.3 Å². The molecule has 0 bridgehead atoms. The minimum atomic E-state index is -0.477. The number of aromatic nitrogens is 3. The number of nitrogens with zero attached hydrogens (tertiary/aromatic N) is 4. The van der Waals surface area contributed by atoms with E-state index in [0.29, 0.717) is 44.1 Å². The number of anilines is 3. The fourth-order valence-corrected chi connectivity index (χ4v) is 4.28. The molecule has 1 aromatic carbocycles. The number of carbonyl (C=O) groups excluding carboxylic acids is 2. The van der Waals surface area contributed by atoms with Crippen molar-refractivity contribution in [1.29, 1.82) is 0 Å². The summed E-state index contributed by atoms with van der Waals surface area (Å²) in [4.78, 5) is 39.9. The van der Waals surface area contributed by atoms with Gasteiger partial charge in [-0.25, -0.2) is 13.5 Å². The van der Waals surface area contributed by atoms with Crippen molar-refractivity contribution in [3.05, 3.63) is 60.2 Å². The molecule has 4 N–H and O–H groups in total. The van der Waals surface area contributed by atoms with Gasteiger partial charge in [0.2, 0.25) is 0 Å². The molecule has 36 heavy (non-hydrogen) atoms. The number of hydrogen-bond acceptors (Lipinski definition) is 10. The first-order valence-corrected chi connectivity index (χ1v) is 12.3. The SMILES string of the molecule is COC(=O)C(Cc1ccc(-c2cnc(N)c(C(=O)Nc3cnccc3N3CCOCC3)n2)cc1)NI. The van der Waals surface area contributed by atoms with E-state index in [2.05, 4.69) is 28.7 Å². The average Bonchev–Trinajstić information content (AvgIpc) is 2.92. The molecule has 3 aromatic rings. The highest BCUT2D eigenvalue weighted by Gasteiger charge is 2.21. The molecule has 0 saturated carbocycles. The topological polar surface area (TPSA) is 145 Å². The Kier molecular flexibility index (Phi) is 8.61. The maximum Gasteiger partial charge on any atom is 0.323 e. The van der Waals surface area contributed by atoms with Crippen molar-refractivity contribution in [1.82, 2.24) is 18.5 Å². The molecule has 2 aromatic heterocycles. The van der Waals surface area contributed by atoms with Crippen LogP contribution >= 0.6 is 22.9 Å². The van der Waals surface area contributed by atoms with Gasteiger partial charge in [0.05, 0.1) is 49.8 Å². The van der Waals surface area contributed by atoms with Gasteiger partial charge in [-0.3, -0.25) is 14.6 Å². The van der Waals surface area contributed by atoms with E-state index in [-0.39, 0.29) is 17.5 Å². The van der Waals surface area contributed by atoms with Crippen molar-refractivity contribution in [2.24, 2.45) is 0 Å². The third kappa shape index (κ3) is 6.06. The van der Waals surface area contributed by atoms with Crippen LogP contribution in [0.3, 0.4) is 0 Å². The van der Waals surface area contributed by atoms with Gasteiger partial charge in [-0.05, 0) is 18.1 Å². The predicted octanol–water partition coefficient (Wildman–Crippen LogP) is 2.23. The van der Waals surface area contributed by atoms with Crippen molar-refractivity contribution in [2.75, 3.05) is 49.4 Å². The molecular formula is C24H26IN7O4. The lowest BCUT2D eigenvalue weighted by molar-refractivity contribution is -0.142. The quantitative estimate of drug-likeness (QED) is 0.199. The van der Waals surface area contributed by atoms with E-state index in [9.17, 15) is 9.59 Å². The van der Waals surface area contributed by atoms with Crippen LogP contribution in [0, 0.1) is 0 Å². The van der Waals surface area contributed by atoms with Crippen LogP contribution in [0.1, 0.15) is 16.1 Å². The highest BCUT2D eigenvalue weighted by molar-refractivity contribution is 14.1. The fourth-order valence-electron chi connectivity index (χ4n) is 3.81. The Hall–Kier alpha value is -3.36. The number of ether oxygens (including phenoxy) is 2. The monoisotopic (exact) mass is 603 g/mol. The van der Waals surface area contributed by atoms with Crippen molar-refractivity contribution >= 4 is 51.9 Å². The molecule has 1 saturated heterocycles. The minimum absolute atomic E-state index is 0.0215. The summed E-state index contributed by atoms with van der Waals surface area (Å²) in [6, 6.07) is 8.89. The molecular weight excluding hydrogens is 577 g/mol. The molecule has 1 aliphatic rings. The van der Waals surface area contributed by atoms with E-state index < -0.39 is 11.9 Å². The summed E-state index contributed by atoms with van der Waals surface area (Å²) >= 11 is 1.93. The number of nitrogens with one attached hydrogen (secondary N) is 2. The van der Waals surface area contributed by atoms with Gasteiger partial charge in [0.1, 0.15) is 6.04 Å². The Morgan fingerprint density at radius 3 is 2.64 bits per heavy atom. The number of nitrogen functional groups attached to an aromatic ring is 1. The normalized spacial score (nSPS) is 14.2. The fraction of sp³-hybridized carbons (Fsp3) is 0.292. The van der Waals surface area contributed by atoms with Gasteiger partial charge in [0.25, 0.3) is 5.91 Å². The minimum Gasteiger partial charge on any atom is -0.468 e. The summed E-state index contributed by atoms with van der Waals surface area (Å²) in [7, 11) is 1.36. The molecule has 1 atom stereocenters. The van der Waals surface area contributed by atoms with Crippen LogP contribution in [0.2, 0.25) is 0 Å². The lowest BCUT2D eigenvalue weighted by Gasteiger charge is -2.30. The van der Waals surface area contributed by atoms with Gasteiger partial charge in [-0.15, -0.1) is 0 Å². The van der Waals surface area contributed by atoms with Crippen molar-refractivity contribution in [2.45, 2.75) is 12.5 Å². The Labute approximate surface area is 222 Å². The third-order valence-corrected chi connectivity index (χ3v) is 6.47. The van der Waals surface area contributed by atoms with Gasteiger partial charge >= 0.3 is 5.97 Å². The second-order valence-corrected chi connectivity index (χ2v) is 8.64. The van der Waals surface area contributed by atoms with Crippen molar-refractivity contribution < 1.29 is 19.1 Å². The maximum absolute atomic E-state index is 13.1. The first-order valence-electron chi connectivity index (χ1n) is 11.2. The number of pyridine rings is 1. The number of nitrogens with two attached hydrogens (primary N) is 1. The summed E-state index contributed by atoms with van der Waals surface area (Å²) in [5.74, 6) is -0.785. The van der Waals surface area contributed by atoms with E-state index in [0.717, 1.165) is 16.8 Å². The summed E-state index contributed by atoms with van der Waals surface area (Å²) in [6.07, 6.45) is 5.27. The first kappa shape index (κ1) is 25.7. The lowest BCUT2D eigenvalue weighted by Crippen LogP contribution is -2.36. The van der Waals surface area contributed by atoms with E-state index in [1.54, 1.807) is 12.4 Å². The number of hydrogen-bond donors (Lipinski definition) is 3. The number of esters is 1. The molecule has 0 aliphatic carbocycles. The number of benzene rings is 1. The smallest absolute Gasteiger partial charge is 0.323 e. The second-order valence-electron chi connectivity index (χ2n) is 8.02. The van der Waals surface area contributed by atoms with Crippen LogP contribution in [0.15, 0.2) is 48.9 Å². The van der Waals surface area contributed by atoms with E-state index in [1.165, 1.54) is 13.3 Å². The maximum atomic E-state index is 13.1. The zero-order chi connectivity index (χ0) is 25.5. The predicted molar refractivity (Wildman–Crippen MR) is 144 cm³/mol. The third-order valence-electron chi connectivity index (χ3n) is 5.72. The van der Waals surface area contributed by atoms with Gasteiger partial charge in [0, 0.05) is 47.7 Å². The van der Waals surface area contributed by atoms with Crippen LogP contribution in [-0.2, 0) is 20.7 Å². The zero-order valence-corrected chi connectivity index (χ0v) is 21.8. The van der Waals surface area contributed by atoms with Crippen LogP contribution in [0.25, 0.3) is 11.3 Å². The molecule has 1 unspecified atom stereocenters. The van der Waals surface area contributed by atoms with E-state index in [4.69, 9.17) is 15.2 Å². The van der Waals surface area contributed by atoms with Crippen LogP contribution < -0.4 is 19.5 Å². The molecule has 1 aliphatic heterocycles. The largest absolute Gasteiger partial charge is 0.468 e. The Bertz CT molecular complexity index is 1220. The van der Waals surface area contributed by atoms with Crippen LogP contribution in [0.4, 0.5) is 17.2 Å². The highest BCUT2D eigenvalue weighted by Crippen LogP contribution is 2.27. The Morgan fingerprint density at radius 2 is 1.94 bits per heavy atom. The molecule has 11 nitrogen and oxygen atoms in total. The molecule has 188 valence electrons. The summed E-state index contributed by atoms with van der Waals surface area (Å²) in [6.45, 7) is 2.67. The Balaban J connectivity index is 1.52. The molecule has 0 spiro atoms. The molecule has 3 heterocycles. The summed E-state index contributed by atoms with van der Waals surface area (Å²) in [5, 5.41) is 2.88. The molecule has 0 radical (unpaired) electrons. The highest BCUT2D eigenvalue weighted by atomic mass is 127. The number of amides is 1. The first-order chi connectivity index (χ1) is 17.5. The van der Waals surface area contributed by atoms with Crippen LogP contribution in [0.5, 0.6) is 0 Å². The second kappa shape index (κ2) is 12.1. The van der Waals surface area contributed by atoms with Gasteiger partial charge < -0.3 is 25.4 Å². The molecule has 4 rings (SSSR count). The number of rotatable bonds is 8.